The van der Waals surface area contributed by atoms with Crippen LogP contribution >= 0.6 is 0 Å². The van der Waals surface area contributed by atoms with Crippen molar-refractivity contribution in [3.63, 3.8) is 0 Å². The lowest BCUT2D eigenvalue weighted by atomic mass is 9.96. The largest absolute Gasteiger partial charge is 0.398 e. The van der Waals surface area contributed by atoms with Crippen LogP contribution in [0.4, 0.5) is 11.5 Å². The Kier molecular flexibility index (Phi) is 3.38. The van der Waals surface area contributed by atoms with E-state index in [1.807, 2.05) is 0 Å². The van der Waals surface area contributed by atoms with Gasteiger partial charge < -0.3 is 35.7 Å². The third-order valence-corrected chi connectivity index (χ3v) is 4.76. The Morgan fingerprint density at radius 2 is 2.28 bits per heavy atom. The van der Waals surface area contributed by atoms with Crippen molar-refractivity contribution in [1.29, 1.82) is 0 Å². The van der Waals surface area contributed by atoms with Gasteiger partial charge in [0.05, 0.1) is 17.7 Å². The van der Waals surface area contributed by atoms with E-state index in [4.69, 9.17) is 10.5 Å². The van der Waals surface area contributed by atoms with Gasteiger partial charge >= 0.3 is 0 Å². The highest BCUT2D eigenvalue weighted by molar-refractivity contribution is 6.05. The zero-order valence-corrected chi connectivity index (χ0v) is 13.4. The third-order valence-electron chi connectivity index (χ3n) is 4.76. The fourth-order valence-corrected chi connectivity index (χ4v) is 3.46. The van der Waals surface area contributed by atoms with Crippen LogP contribution in [0.1, 0.15) is 18.8 Å². The molecule has 2 aliphatic heterocycles. The lowest BCUT2D eigenvalue weighted by Gasteiger charge is -2.29. The predicted octanol–water partition coefficient (Wildman–Crippen LogP) is -0.624. The van der Waals surface area contributed by atoms with Crippen molar-refractivity contribution < 1.29 is 20.1 Å². The highest BCUT2D eigenvalue weighted by Gasteiger charge is 2.53. The Hall–Kier alpha value is -2.46. The summed E-state index contributed by atoms with van der Waals surface area (Å²) in [6, 6.07) is 1.23. The number of nitrogens with one attached hydrogen (secondary N) is 1. The highest BCUT2D eigenvalue weighted by Crippen LogP contribution is 2.43. The Labute approximate surface area is 142 Å². The first kappa shape index (κ1) is 16.0. The molecular formula is C16H18N4O5. The first-order valence-corrected chi connectivity index (χ1v) is 7.80. The summed E-state index contributed by atoms with van der Waals surface area (Å²) in [5.41, 5.74) is 4.61. The van der Waals surface area contributed by atoms with E-state index in [0.717, 1.165) is 0 Å². The second kappa shape index (κ2) is 5.27. The number of ether oxygens (including phenoxy) is 1. The van der Waals surface area contributed by atoms with Crippen molar-refractivity contribution >= 4 is 28.4 Å². The highest BCUT2D eigenvalue weighted by atomic mass is 16.6. The quantitative estimate of drug-likeness (QED) is 0.484. The number of anilines is 2. The van der Waals surface area contributed by atoms with Gasteiger partial charge in [-0.3, -0.25) is 4.79 Å². The summed E-state index contributed by atoms with van der Waals surface area (Å²) in [5, 5.41) is 34.5. The number of hydrogen-bond donors (Lipinski definition) is 5. The van der Waals surface area contributed by atoms with E-state index in [0.29, 0.717) is 22.3 Å². The molecule has 0 bridgehead atoms. The average molecular weight is 346 g/mol. The number of aromatic nitrogens is 2. The Balaban J connectivity index is 1.98. The van der Waals surface area contributed by atoms with Crippen molar-refractivity contribution in [2.45, 2.75) is 31.0 Å². The second-order valence-electron chi connectivity index (χ2n) is 6.47. The van der Waals surface area contributed by atoms with Crippen molar-refractivity contribution in [1.82, 2.24) is 9.55 Å². The molecule has 0 saturated carbocycles. The van der Waals surface area contributed by atoms with Gasteiger partial charge in [0, 0.05) is 29.5 Å². The maximum Gasteiger partial charge on any atom is 0.272 e. The van der Waals surface area contributed by atoms with Gasteiger partial charge in [-0.05, 0) is 13.0 Å². The van der Waals surface area contributed by atoms with Crippen LogP contribution in [0.2, 0.25) is 0 Å². The van der Waals surface area contributed by atoms with Gasteiger partial charge in [0.25, 0.3) is 5.56 Å². The molecule has 0 aliphatic carbocycles. The van der Waals surface area contributed by atoms with Crippen molar-refractivity contribution in [2.75, 3.05) is 17.7 Å². The zero-order chi connectivity index (χ0) is 17.9. The summed E-state index contributed by atoms with van der Waals surface area (Å²) in [7, 11) is 0. The lowest BCUT2D eigenvalue weighted by Crippen LogP contribution is -2.44. The van der Waals surface area contributed by atoms with E-state index < -0.39 is 36.2 Å². The Morgan fingerprint density at radius 1 is 1.52 bits per heavy atom. The normalized spacial score (nSPS) is 30.6. The van der Waals surface area contributed by atoms with E-state index in [1.165, 1.54) is 13.0 Å². The molecule has 9 nitrogen and oxygen atoms in total. The fourth-order valence-electron chi connectivity index (χ4n) is 3.46. The average Bonchev–Trinajstić information content (AvgIpc) is 3.00. The van der Waals surface area contributed by atoms with Crippen molar-refractivity contribution in [3.05, 3.63) is 34.5 Å². The molecule has 0 radical (unpaired) electrons. The van der Waals surface area contributed by atoms with Crippen molar-refractivity contribution in [2.24, 2.45) is 0 Å². The molecule has 25 heavy (non-hydrogen) atoms. The molecule has 6 N–H and O–H groups in total. The minimum atomic E-state index is -1.64. The molecule has 2 aromatic rings. The number of aliphatic hydroxyl groups is 3. The Morgan fingerprint density at radius 3 is 2.96 bits per heavy atom. The number of rotatable bonds is 2. The Bertz CT molecular complexity index is 952. The molecule has 0 aromatic carbocycles. The maximum atomic E-state index is 11.8. The van der Waals surface area contributed by atoms with Gasteiger partial charge in [0.1, 0.15) is 23.6 Å². The molecule has 4 rings (SSSR count). The van der Waals surface area contributed by atoms with Crippen LogP contribution < -0.4 is 16.6 Å². The third kappa shape index (κ3) is 2.17. The minimum Gasteiger partial charge on any atom is -0.398 e. The van der Waals surface area contributed by atoms with E-state index >= 15 is 0 Å². The van der Waals surface area contributed by atoms with E-state index in [9.17, 15) is 20.1 Å². The molecule has 0 amide bonds. The molecular weight excluding hydrogens is 328 g/mol. The first-order valence-electron chi connectivity index (χ1n) is 7.80. The zero-order valence-electron chi connectivity index (χ0n) is 13.4. The van der Waals surface area contributed by atoms with Crippen LogP contribution in [0.15, 0.2) is 23.3 Å². The summed E-state index contributed by atoms with van der Waals surface area (Å²) in [6.07, 6.45) is 1.75. The number of aliphatic hydroxyl groups excluding tert-OH is 2. The molecule has 1 saturated heterocycles. The maximum absolute atomic E-state index is 11.8. The number of nitrogen functional groups attached to an aromatic ring is 1. The topological polar surface area (TPSA) is 143 Å². The van der Waals surface area contributed by atoms with Gasteiger partial charge in [-0.25, -0.2) is 4.98 Å². The van der Waals surface area contributed by atoms with E-state index in [2.05, 4.69) is 10.3 Å². The van der Waals surface area contributed by atoms with E-state index in [-0.39, 0.29) is 5.69 Å². The smallest absolute Gasteiger partial charge is 0.272 e. The monoisotopic (exact) mass is 346 g/mol. The van der Waals surface area contributed by atoms with Crippen molar-refractivity contribution in [3.8, 4) is 0 Å². The number of nitrogens with zero attached hydrogens (tertiary/aromatic N) is 2. The molecule has 4 heterocycles. The lowest BCUT2D eigenvalue weighted by molar-refractivity contribution is -0.0954. The molecule has 132 valence electrons. The van der Waals surface area contributed by atoms with Crippen LogP contribution in [0.3, 0.4) is 0 Å². The first-order chi connectivity index (χ1) is 11.8. The van der Waals surface area contributed by atoms with Gasteiger partial charge in [0.15, 0.2) is 6.23 Å². The van der Waals surface area contributed by atoms with Gasteiger partial charge in [-0.15, -0.1) is 0 Å². The van der Waals surface area contributed by atoms with Crippen LogP contribution in [0, 0.1) is 0 Å². The molecule has 4 atom stereocenters. The van der Waals surface area contributed by atoms with Gasteiger partial charge in [0.2, 0.25) is 0 Å². The molecule has 2 aromatic heterocycles. The van der Waals surface area contributed by atoms with Crippen LogP contribution in [-0.2, 0) is 4.74 Å². The summed E-state index contributed by atoms with van der Waals surface area (Å²) in [6.45, 7) is 1.01. The summed E-state index contributed by atoms with van der Waals surface area (Å²) in [5.74, 6) is 0.526. The predicted molar refractivity (Wildman–Crippen MR) is 90.7 cm³/mol. The summed E-state index contributed by atoms with van der Waals surface area (Å²) < 4.78 is 7.27. The van der Waals surface area contributed by atoms with Crippen LogP contribution in [-0.4, -0.2) is 49.3 Å². The molecule has 9 heteroatoms. The summed E-state index contributed by atoms with van der Waals surface area (Å²) >= 11 is 0. The van der Waals surface area contributed by atoms with Gasteiger partial charge in [-0.2, -0.15) is 0 Å². The number of hydrogen-bond acceptors (Lipinski definition) is 8. The molecule has 1 unspecified atom stereocenters. The second-order valence-corrected chi connectivity index (χ2v) is 6.47. The molecule has 2 aliphatic rings. The van der Waals surface area contributed by atoms with Crippen LogP contribution in [0.25, 0.3) is 16.8 Å². The van der Waals surface area contributed by atoms with Gasteiger partial charge in [-0.1, -0.05) is 0 Å². The molecule has 0 spiro atoms. The standard InChI is InChI=1S/C16H18N4O5/c1-16(24)13(23)10(6-21)25-15(16)20-5-7-8(17)4-11(22)19-9-2-3-18-14(20)12(7)9/h2-5,10,13,15,18,21,23-24H,6,17H2,1H3/t10-,13-,15-,16?/m1/s1. The fraction of sp³-hybridized carbons (Fsp3) is 0.375. The summed E-state index contributed by atoms with van der Waals surface area (Å²) in [4.78, 5) is 15.8. The minimum absolute atomic E-state index is 0.243. The SMILES string of the molecule is CC1(O)[C@H](O)[C@@H](CO)O[C@H]1n1cc2c(N)cc(=O)nc3c2c1NC=C3. The molecule has 1 fully saturated rings. The van der Waals surface area contributed by atoms with E-state index in [1.54, 1.807) is 23.0 Å². The van der Waals surface area contributed by atoms with Crippen LogP contribution in [0.5, 0.6) is 0 Å². The number of nitrogens with two attached hydrogens (primary N) is 1.